The summed E-state index contributed by atoms with van der Waals surface area (Å²) in [6.07, 6.45) is 0. The molecule has 0 spiro atoms. The molecular weight excluding hydrogens is 306 g/mol. The highest BCUT2D eigenvalue weighted by Crippen LogP contribution is 2.23. The molecule has 94 valence electrons. The number of halogens is 1. The molecule has 0 aliphatic carbocycles. The van der Waals surface area contributed by atoms with Crippen LogP contribution in [0.5, 0.6) is 0 Å². The summed E-state index contributed by atoms with van der Waals surface area (Å²) < 4.78 is 0.775. The van der Waals surface area contributed by atoms with E-state index in [2.05, 4.69) is 21.2 Å². The van der Waals surface area contributed by atoms with E-state index in [4.69, 9.17) is 11.0 Å². The van der Waals surface area contributed by atoms with E-state index in [1.54, 1.807) is 36.4 Å². The van der Waals surface area contributed by atoms with Crippen molar-refractivity contribution in [2.24, 2.45) is 0 Å². The van der Waals surface area contributed by atoms with Crippen molar-refractivity contribution in [2.45, 2.75) is 0 Å². The number of carbonyl (C=O) groups is 1. The first kappa shape index (κ1) is 13.1. The molecule has 2 rings (SSSR count). The minimum absolute atomic E-state index is 0.279. The van der Waals surface area contributed by atoms with E-state index in [9.17, 15) is 4.79 Å². The van der Waals surface area contributed by atoms with Crippen LogP contribution in [0.4, 0.5) is 11.4 Å². The van der Waals surface area contributed by atoms with E-state index in [0.717, 1.165) is 4.47 Å². The second-order valence-electron chi connectivity index (χ2n) is 3.88. The van der Waals surface area contributed by atoms with E-state index in [-0.39, 0.29) is 5.91 Å². The van der Waals surface area contributed by atoms with Crippen molar-refractivity contribution in [3.05, 3.63) is 58.1 Å². The fourth-order valence-corrected chi connectivity index (χ4v) is 1.80. The second kappa shape index (κ2) is 5.55. The highest BCUT2D eigenvalue weighted by molar-refractivity contribution is 9.10. The molecule has 3 N–H and O–H groups in total. The van der Waals surface area contributed by atoms with Crippen LogP contribution in [0.25, 0.3) is 0 Å². The lowest BCUT2D eigenvalue weighted by molar-refractivity contribution is 0.102. The Labute approximate surface area is 119 Å². The average molecular weight is 316 g/mol. The van der Waals surface area contributed by atoms with Crippen LogP contribution < -0.4 is 11.1 Å². The third-order valence-electron chi connectivity index (χ3n) is 2.51. The van der Waals surface area contributed by atoms with E-state index in [0.29, 0.717) is 22.5 Å². The Morgan fingerprint density at radius 2 is 2.05 bits per heavy atom. The van der Waals surface area contributed by atoms with Crippen LogP contribution in [0.1, 0.15) is 15.9 Å². The van der Waals surface area contributed by atoms with Crippen LogP contribution in [0.15, 0.2) is 46.9 Å². The first-order valence-corrected chi connectivity index (χ1v) is 6.26. The normalized spacial score (nSPS) is 9.68. The third kappa shape index (κ3) is 3.12. The summed E-state index contributed by atoms with van der Waals surface area (Å²) in [6.45, 7) is 0. The van der Waals surface area contributed by atoms with Crippen LogP contribution in [0.3, 0.4) is 0 Å². The predicted molar refractivity (Wildman–Crippen MR) is 77.7 cm³/mol. The number of benzene rings is 2. The monoisotopic (exact) mass is 315 g/mol. The first-order valence-electron chi connectivity index (χ1n) is 5.46. The Kier molecular flexibility index (Phi) is 3.83. The van der Waals surface area contributed by atoms with Crippen LogP contribution in [-0.4, -0.2) is 5.91 Å². The number of nitriles is 1. The smallest absolute Gasteiger partial charge is 0.255 e. The molecule has 0 atom stereocenters. The minimum atomic E-state index is -0.279. The highest BCUT2D eigenvalue weighted by atomic mass is 79.9. The van der Waals surface area contributed by atoms with Gasteiger partial charge in [-0.25, -0.2) is 0 Å². The number of nitrogens with one attached hydrogen (secondary N) is 1. The number of hydrogen-bond donors (Lipinski definition) is 2. The molecule has 0 heterocycles. The van der Waals surface area contributed by atoms with Gasteiger partial charge in [-0.3, -0.25) is 4.79 Å². The van der Waals surface area contributed by atoms with Crippen molar-refractivity contribution < 1.29 is 4.79 Å². The van der Waals surface area contributed by atoms with Gasteiger partial charge in [0.2, 0.25) is 0 Å². The van der Waals surface area contributed by atoms with Crippen molar-refractivity contribution in [3.63, 3.8) is 0 Å². The number of hydrogen-bond acceptors (Lipinski definition) is 3. The van der Waals surface area contributed by atoms with Crippen LogP contribution >= 0.6 is 15.9 Å². The van der Waals surface area contributed by atoms with Crippen molar-refractivity contribution in [1.29, 1.82) is 5.26 Å². The summed E-state index contributed by atoms with van der Waals surface area (Å²) in [5.74, 6) is -0.279. The van der Waals surface area contributed by atoms with Gasteiger partial charge in [-0.1, -0.05) is 6.07 Å². The zero-order chi connectivity index (χ0) is 13.8. The number of amides is 1. The summed E-state index contributed by atoms with van der Waals surface area (Å²) in [5.41, 5.74) is 7.77. The number of carbonyl (C=O) groups excluding carboxylic acids is 1. The molecular formula is C14H10BrN3O. The van der Waals surface area contributed by atoms with Gasteiger partial charge in [-0.2, -0.15) is 5.26 Å². The lowest BCUT2D eigenvalue weighted by Gasteiger charge is -2.07. The summed E-state index contributed by atoms with van der Waals surface area (Å²) in [4.78, 5) is 12.0. The van der Waals surface area contributed by atoms with Gasteiger partial charge in [0, 0.05) is 21.4 Å². The zero-order valence-corrected chi connectivity index (χ0v) is 11.4. The fraction of sp³-hybridized carbons (Fsp3) is 0. The summed E-state index contributed by atoms with van der Waals surface area (Å²) in [5, 5.41) is 11.5. The molecule has 2 aromatic rings. The Bertz CT molecular complexity index is 677. The summed E-state index contributed by atoms with van der Waals surface area (Å²) in [6, 6.07) is 13.7. The van der Waals surface area contributed by atoms with Gasteiger partial charge >= 0.3 is 0 Å². The van der Waals surface area contributed by atoms with E-state index < -0.39 is 0 Å². The largest absolute Gasteiger partial charge is 0.398 e. The Morgan fingerprint density at radius 1 is 1.26 bits per heavy atom. The standard InChI is InChI=1S/C14H10BrN3O/c15-12-5-4-11(7-13(12)17)18-14(19)10-3-1-2-9(6-10)8-16/h1-7H,17H2,(H,18,19). The van der Waals surface area contributed by atoms with Crippen molar-refractivity contribution in [2.75, 3.05) is 11.1 Å². The Hall–Kier alpha value is -2.32. The zero-order valence-electron chi connectivity index (χ0n) is 9.85. The van der Waals surface area contributed by atoms with Crippen molar-refractivity contribution in [3.8, 4) is 6.07 Å². The molecule has 1 amide bonds. The molecule has 0 saturated carbocycles. The quantitative estimate of drug-likeness (QED) is 0.835. The average Bonchev–Trinajstić information content (AvgIpc) is 2.43. The van der Waals surface area contributed by atoms with E-state index >= 15 is 0 Å². The van der Waals surface area contributed by atoms with Gasteiger partial charge in [0.25, 0.3) is 5.91 Å². The van der Waals surface area contributed by atoms with Gasteiger partial charge in [-0.05, 0) is 52.3 Å². The SMILES string of the molecule is N#Cc1cccc(C(=O)Nc2ccc(Br)c(N)c2)c1. The number of nitrogens with two attached hydrogens (primary N) is 1. The van der Waals surface area contributed by atoms with Gasteiger partial charge in [-0.15, -0.1) is 0 Å². The number of nitrogens with zero attached hydrogens (tertiary/aromatic N) is 1. The molecule has 0 aliphatic rings. The summed E-state index contributed by atoms with van der Waals surface area (Å²) in [7, 11) is 0. The van der Waals surface area contributed by atoms with Crippen molar-refractivity contribution in [1.82, 2.24) is 0 Å². The molecule has 0 unspecified atom stereocenters. The summed E-state index contributed by atoms with van der Waals surface area (Å²) >= 11 is 3.29. The maximum Gasteiger partial charge on any atom is 0.255 e. The predicted octanol–water partition coefficient (Wildman–Crippen LogP) is 3.16. The molecule has 0 aliphatic heterocycles. The molecule has 4 nitrogen and oxygen atoms in total. The topological polar surface area (TPSA) is 78.9 Å². The number of rotatable bonds is 2. The maximum absolute atomic E-state index is 12.0. The second-order valence-corrected chi connectivity index (χ2v) is 4.74. The number of anilines is 2. The molecule has 0 fully saturated rings. The van der Waals surface area contributed by atoms with Crippen LogP contribution in [0.2, 0.25) is 0 Å². The van der Waals surface area contributed by atoms with Gasteiger partial charge in [0.05, 0.1) is 11.6 Å². The van der Waals surface area contributed by atoms with E-state index in [1.807, 2.05) is 6.07 Å². The molecule has 2 aromatic carbocycles. The lowest BCUT2D eigenvalue weighted by Crippen LogP contribution is -2.12. The fourth-order valence-electron chi connectivity index (χ4n) is 1.55. The third-order valence-corrected chi connectivity index (χ3v) is 3.23. The van der Waals surface area contributed by atoms with E-state index in [1.165, 1.54) is 6.07 Å². The Morgan fingerprint density at radius 3 is 2.74 bits per heavy atom. The molecule has 0 saturated heterocycles. The maximum atomic E-state index is 12.0. The van der Waals surface area contributed by atoms with Crippen LogP contribution in [0, 0.1) is 11.3 Å². The first-order chi connectivity index (χ1) is 9.10. The number of nitrogen functional groups attached to an aromatic ring is 1. The van der Waals surface area contributed by atoms with Gasteiger partial charge in [0.1, 0.15) is 0 Å². The molecule has 0 aromatic heterocycles. The minimum Gasteiger partial charge on any atom is -0.398 e. The molecule has 5 heteroatoms. The Balaban J connectivity index is 2.21. The highest BCUT2D eigenvalue weighted by Gasteiger charge is 2.07. The van der Waals surface area contributed by atoms with Crippen LogP contribution in [-0.2, 0) is 0 Å². The van der Waals surface area contributed by atoms with Gasteiger partial charge in [0.15, 0.2) is 0 Å². The molecule has 19 heavy (non-hydrogen) atoms. The van der Waals surface area contributed by atoms with Crippen molar-refractivity contribution >= 4 is 33.2 Å². The van der Waals surface area contributed by atoms with Gasteiger partial charge < -0.3 is 11.1 Å². The lowest BCUT2D eigenvalue weighted by atomic mass is 10.1. The molecule has 0 bridgehead atoms. The molecule has 0 radical (unpaired) electrons.